The molecule has 0 N–H and O–H groups in total. The third-order valence-corrected chi connectivity index (χ3v) is 4.98. The Balaban J connectivity index is 1.54. The van der Waals surface area contributed by atoms with E-state index in [0.29, 0.717) is 19.7 Å². The van der Waals surface area contributed by atoms with Crippen molar-refractivity contribution in [2.75, 3.05) is 19.7 Å². The molecule has 0 unspecified atom stereocenters. The fraction of sp³-hybridized carbons (Fsp3) is 0.294. The van der Waals surface area contributed by atoms with E-state index in [1.54, 1.807) is 16.2 Å². The van der Waals surface area contributed by atoms with E-state index in [2.05, 4.69) is 18.0 Å². The molecule has 3 aromatic rings. The molecule has 118 valence electrons. The lowest BCUT2D eigenvalue weighted by molar-refractivity contribution is 0.159. The molecule has 6 heteroatoms. The van der Waals surface area contributed by atoms with Gasteiger partial charge in [0.15, 0.2) is 5.76 Å². The molecule has 1 aromatic carbocycles. The van der Waals surface area contributed by atoms with Crippen LogP contribution in [0.3, 0.4) is 0 Å². The van der Waals surface area contributed by atoms with Gasteiger partial charge in [-0.05, 0) is 13.0 Å². The Kier molecular flexibility index (Phi) is 3.53. The highest BCUT2D eigenvalue weighted by Gasteiger charge is 2.22. The molecule has 0 saturated carbocycles. The van der Waals surface area contributed by atoms with Crippen molar-refractivity contribution in [1.29, 1.82) is 0 Å². The Bertz CT molecular complexity index is 868. The van der Waals surface area contributed by atoms with Crippen molar-refractivity contribution in [3.8, 4) is 11.5 Å². The molecule has 1 aliphatic heterocycles. The number of fused-ring (bicyclic) bond motifs is 1. The number of para-hydroxylation sites is 1. The highest BCUT2D eigenvalue weighted by Crippen LogP contribution is 2.33. The number of furan rings is 1. The van der Waals surface area contributed by atoms with Gasteiger partial charge in [-0.3, -0.25) is 0 Å². The van der Waals surface area contributed by atoms with Crippen molar-refractivity contribution in [3.63, 3.8) is 0 Å². The number of carbonyl (C=O) groups excluding carboxylic acids is 1. The number of amides is 1. The Morgan fingerprint density at radius 3 is 3.00 bits per heavy atom. The lowest BCUT2D eigenvalue weighted by Crippen LogP contribution is -2.26. The maximum absolute atomic E-state index is 11.4. The summed E-state index contributed by atoms with van der Waals surface area (Å²) in [5.74, 6) is 0.828. The number of cyclic esters (lactones) is 1. The number of thiazole rings is 1. The minimum absolute atomic E-state index is 0.227. The van der Waals surface area contributed by atoms with Crippen molar-refractivity contribution in [3.05, 3.63) is 40.2 Å². The molecule has 1 aliphatic rings. The van der Waals surface area contributed by atoms with Crippen LogP contribution in [-0.2, 0) is 11.2 Å². The predicted molar refractivity (Wildman–Crippen MR) is 88.7 cm³/mol. The highest BCUT2D eigenvalue weighted by molar-refractivity contribution is 7.09. The molecule has 2 aromatic heterocycles. The van der Waals surface area contributed by atoms with Crippen LogP contribution in [0.5, 0.6) is 0 Å². The topological polar surface area (TPSA) is 55.6 Å². The van der Waals surface area contributed by atoms with E-state index in [9.17, 15) is 4.79 Å². The van der Waals surface area contributed by atoms with Crippen LogP contribution in [0.1, 0.15) is 10.6 Å². The Morgan fingerprint density at radius 1 is 1.35 bits per heavy atom. The zero-order valence-corrected chi connectivity index (χ0v) is 13.6. The summed E-state index contributed by atoms with van der Waals surface area (Å²) in [6.07, 6.45) is 0.508. The zero-order chi connectivity index (χ0) is 15.8. The zero-order valence-electron chi connectivity index (χ0n) is 12.7. The van der Waals surface area contributed by atoms with Crippen LogP contribution in [0, 0.1) is 6.92 Å². The number of aryl methyl sites for hydroxylation is 1. The van der Waals surface area contributed by atoms with E-state index < -0.39 is 0 Å². The van der Waals surface area contributed by atoms with Gasteiger partial charge in [0.1, 0.15) is 17.9 Å². The quantitative estimate of drug-likeness (QED) is 0.730. The van der Waals surface area contributed by atoms with Crippen LogP contribution < -0.4 is 0 Å². The molecule has 3 heterocycles. The van der Waals surface area contributed by atoms with Crippen molar-refractivity contribution in [1.82, 2.24) is 9.88 Å². The van der Waals surface area contributed by atoms with E-state index >= 15 is 0 Å². The van der Waals surface area contributed by atoms with Crippen LogP contribution in [0.25, 0.3) is 22.4 Å². The van der Waals surface area contributed by atoms with Crippen LogP contribution in [-0.4, -0.2) is 35.7 Å². The predicted octanol–water partition coefficient (Wildman–Crippen LogP) is 3.86. The maximum Gasteiger partial charge on any atom is 0.409 e. The molecule has 1 fully saturated rings. The SMILES string of the molecule is Cc1c(-c2csc(CCN3CCOC3=O)n2)oc2ccccc12. The molecule has 5 nitrogen and oxygen atoms in total. The highest BCUT2D eigenvalue weighted by atomic mass is 32.1. The summed E-state index contributed by atoms with van der Waals surface area (Å²) in [6.45, 7) is 3.85. The van der Waals surface area contributed by atoms with E-state index in [1.807, 2.05) is 23.6 Å². The molecular weight excluding hydrogens is 312 g/mol. The fourth-order valence-corrected chi connectivity index (χ4v) is 3.58. The number of aromatic nitrogens is 1. The number of rotatable bonds is 4. The van der Waals surface area contributed by atoms with Gasteiger partial charge in [0, 0.05) is 29.3 Å². The van der Waals surface area contributed by atoms with Gasteiger partial charge < -0.3 is 14.1 Å². The second kappa shape index (κ2) is 5.70. The van der Waals surface area contributed by atoms with Gasteiger partial charge in [0.2, 0.25) is 0 Å². The number of hydrogen-bond acceptors (Lipinski definition) is 5. The summed E-state index contributed by atoms with van der Waals surface area (Å²) in [5.41, 5.74) is 2.86. The third kappa shape index (κ3) is 2.59. The number of hydrogen-bond donors (Lipinski definition) is 0. The third-order valence-electron chi connectivity index (χ3n) is 4.07. The van der Waals surface area contributed by atoms with E-state index in [-0.39, 0.29) is 6.09 Å². The smallest absolute Gasteiger partial charge is 0.409 e. The second-order valence-corrected chi connectivity index (χ2v) is 6.47. The monoisotopic (exact) mass is 328 g/mol. The normalized spacial score (nSPS) is 14.7. The summed E-state index contributed by atoms with van der Waals surface area (Å²) in [7, 11) is 0. The molecule has 0 aliphatic carbocycles. The Labute approximate surface area is 137 Å². The number of carbonyl (C=O) groups is 1. The van der Waals surface area contributed by atoms with Gasteiger partial charge in [-0.15, -0.1) is 11.3 Å². The van der Waals surface area contributed by atoms with Crippen molar-refractivity contribution >= 4 is 28.4 Å². The van der Waals surface area contributed by atoms with Crippen LogP contribution in [0.4, 0.5) is 4.79 Å². The van der Waals surface area contributed by atoms with E-state index in [4.69, 9.17) is 9.15 Å². The standard InChI is InChI=1S/C17H16N2O3S/c1-11-12-4-2-3-5-14(12)22-16(11)13-10-23-15(18-13)6-7-19-8-9-21-17(19)20/h2-5,10H,6-9H2,1H3. The Morgan fingerprint density at radius 2 is 2.22 bits per heavy atom. The van der Waals surface area contributed by atoms with Gasteiger partial charge >= 0.3 is 6.09 Å². The average molecular weight is 328 g/mol. The van der Waals surface area contributed by atoms with Crippen LogP contribution in [0.2, 0.25) is 0 Å². The molecule has 1 amide bonds. The first-order valence-corrected chi connectivity index (χ1v) is 8.45. The fourth-order valence-electron chi connectivity index (χ4n) is 2.81. The number of nitrogens with zero attached hydrogens (tertiary/aromatic N) is 2. The average Bonchev–Trinajstić information content (AvgIpc) is 3.25. The lowest BCUT2D eigenvalue weighted by atomic mass is 10.1. The van der Waals surface area contributed by atoms with Gasteiger partial charge in [0.05, 0.1) is 11.6 Å². The van der Waals surface area contributed by atoms with Gasteiger partial charge in [-0.2, -0.15) is 0 Å². The first-order chi connectivity index (χ1) is 11.2. The summed E-state index contributed by atoms with van der Waals surface area (Å²) in [5, 5.41) is 4.14. The number of ether oxygens (including phenoxy) is 1. The summed E-state index contributed by atoms with van der Waals surface area (Å²) < 4.78 is 10.9. The molecule has 0 bridgehead atoms. The first kappa shape index (κ1) is 14.3. The molecule has 0 atom stereocenters. The summed E-state index contributed by atoms with van der Waals surface area (Å²) >= 11 is 1.60. The van der Waals surface area contributed by atoms with Crippen molar-refractivity contribution in [2.24, 2.45) is 0 Å². The number of benzene rings is 1. The maximum atomic E-state index is 11.4. The molecule has 23 heavy (non-hydrogen) atoms. The molecular formula is C17H16N2O3S. The summed E-state index contributed by atoms with van der Waals surface area (Å²) in [6, 6.07) is 8.01. The van der Waals surface area contributed by atoms with Crippen molar-refractivity contribution < 1.29 is 13.9 Å². The van der Waals surface area contributed by atoms with Crippen LogP contribution >= 0.6 is 11.3 Å². The molecule has 0 radical (unpaired) electrons. The van der Waals surface area contributed by atoms with Gasteiger partial charge in [0.25, 0.3) is 0 Å². The lowest BCUT2D eigenvalue weighted by Gasteiger charge is -2.10. The second-order valence-electron chi connectivity index (χ2n) is 5.53. The molecule has 1 saturated heterocycles. The van der Waals surface area contributed by atoms with Crippen LogP contribution in [0.15, 0.2) is 34.1 Å². The largest absolute Gasteiger partial charge is 0.454 e. The first-order valence-electron chi connectivity index (χ1n) is 7.57. The minimum atomic E-state index is -0.227. The van der Waals surface area contributed by atoms with Gasteiger partial charge in [-0.1, -0.05) is 18.2 Å². The minimum Gasteiger partial charge on any atom is -0.454 e. The summed E-state index contributed by atoms with van der Waals surface area (Å²) in [4.78, 5) is 17.8. The van der Waals surface area contributed by atoms with E-state index in [0.717, 1.165) is 39.4 Å². The van der Waals surface area contributed by atoms with E-state index in [1.165, 1.54) is 0 Å². The molecule has 4 rings (SSSR count). The van der Waals surface area contributed by atoms with Gasteiger partial charge in [-0.25, -0.2) is 9.78 Å². The van der Waals surface area contributed by atoms with Crippen molar-refractivity contribution in [2.45, 2.75) is 13.3 Å². The molecule has 0 spiro atoms. The Hall–Kier alpha value is -2.34.